The van der Waals surface area contributed by atoms with Crippen molar-refractivity contribution < 1.29 is 22.7 Å². The van der Waals surface area contributed by atoms with Crippen molar-refractivity contribution in [3.63, 3.8) is 0 Å². The molecule has 1 saturated heterocycles. The zero-order valence-electron chi connectivity index (χ0n) is 15.8. The topological polar surface area (TPSA) is 84.9 Å². The third kappa shape index (κ3) is 6.31. The lowest BCUT2D eigenvalue weighted by Crippen LogP contribution is -2.32. The first-order valence-electron chi connectivity index (χ1n) is 9.33. The molecule has 1 aliphatic heterocycles. The second-order valence-corrected chi connectivity index (χ2v) is 9.71. The third-order valence-corrected chi connectivity index (χ3v) is 7.04. The van der Waals surface area contributed by atoms with E-state index in [1.165, 1.54) is 4.31 Å². The van der Waals surface area contributed by atoms with E-state index in [9.17, 15) is 13.2 Å². The first kappa shape index (κ1) is 21.8. The summed E-state index contributed by atoms with van der Waals surface area (Å²) < 4.78 is 38.5. The number of halogens is 1. The largest absolute Gasteiger partial charge is 0.492 e. The van der Waals surface area contributed by atoms with Crippen LogP contribution in [-0.2, 0) is 14.8 Å². The molecule has 0 unspecified atom stereocenters. The summed E-state index contributed by atoms with van der Waals surface area (Å²) >= 11 is 2.20. The van der Waals surface area contributed by atoms with Crippen LogP contribution in [0.4, 0.5) is 0 Å². The fraction of sp³-hybridized carbons (Fsp3) is 0.350. The zero-order valence-corrected chi connectivity index (χ0v) is 18.8. The molecule has 0 aliphatic carbocycles. The highest BCUT2D eigenvalue weighted by atomic mass is 127. The van der Waals surface area contributed by atoms with Crippen molar-refractivity contribution in [2.75, 3.05) is 32.8 Å². The van der Waals surface area contributed by atoms with Crippen LogP contribution in [0, 0.1) is 3.57 Å². The van der Waals surface area contributed by atoms with Gasteiger partial charge in [-0.05, 0) is 84.0 Å². The first-order valence-corrected chi connectivity index (χ1v) is 11.8. The van der Waals surface area contributed by atoms with Gasteiger partial charge in [0.1, 0.15) is 18.1 Å². The van der Waals surface area contributed by atoms with E-state index in [1.807, 2.05) is 24.3 Å². The number of nitrogens with one attached hydrogen (secondary N) is 1. The van der Waals surface area contributed by atoms with Gasteiger partial charge in [-0.2, -0.15) is 4.31 Å². The Bertz CT molecular complexity index is 911. The molecule has 0 spiro atoms. The maximum atomic E-state index is 12.5. The first-order chi connectivity index (χ1) is 13.9. The summed E-state index contributed by atoms with van der Waals surface area (Å²) in [6, 6.07) is 13.8. The predicted octanol–water partition coefficient (Wildman–Crippen LogP) is 2.65. The van der Waals surface area contributed by atoms with Crippen LogP contribution in [0.3, 0.4) is 0 Å². The van der Waals surface area contributed by atoms with Gasteiger partial charge < -0.3 is 14.8 Å². The molecule has 29 heavy (non-hydrogen) atoms. The fourth-order valence-electron chi connectivity index (χ4n) is 2.88. The van der Waals surface area contributed by atoms with Crippen LogP contribution in [0.15, 0.2) is 53.4 Å². The highest BCUT2D eigenvalue weighted by Crippen LogP contribution is 2.22. The molecule has 0 aromatic heterocycles. The Labute approximate surface area is 184 Å². The van der Waals surface area contributed by atoms with Crippen LogP contribution >= 0.6 is 22.6 Å². The summed E-state index contributed by atoms with van der Waals surface area (Å²) in [4.78, 5) is 12.1. The molecule has 1 heterocycles. The molecule has 1 fully saturated rings. The SMILES string of the molecule is O=C(COc1ccc(I)cc1)NCCOc1ccc(S(=O)(=O)N2CCCC2)cc1. The van der Waals surface area contributed by atoms with E-state index in [0.717, 1.165) is 16.4 Å². The van der Waals surface area contributed by atoms with Crippen LogP contribution in [-0.4, -0.2) is 51.5 Å². The van der Waals surface area contributed by atoms with Gasteiger partial charge in [-0.1, -0.05) is 0 Å². The van der Waals surface area contributed by atoms with Crippen LogP contribution in [0.2, 0.25) is 0 Å². The Kier molecular flexibility index (Phi) is 7.73. The van der Waals surface area contributed by atoms with Crippen molar-refractivity contribution >= 4 is 38.5 Å². The van der Waals surface area contributed by atoms with Gasteiger partial charge in [-0.15, -0.1) is 0 Å². The van der Waals surface area contributed by atoms with Crippen molar-refractivity contribution in [1.82, 2.24) is 9.62 Å². The lowest BCUT2D eigenvalue weighted by Gasteiger charge is -2.15. The summed E-state index contributed by atoms with van der Waals surface area (Å²) in [5.41, 5.74) is 0. The lowest BCUT2D eigenvalue weighted by atomic mass is 10.3. The van der Waals surface area contributed by atoms with Gasteiger partial charge in [0, 0.05) is 16.7 Å². The molecular formula is C20H23IN2O5S. The van der Waals surface area contributed by atoms with E-state index in [0.29, 0.717) is 31.1 Å². The van der Waals surface area contributed by atoms with E-state index < -0.39 is 10.0 Å². The normalized spacial score (nSPS) is 14.5. The van der Waals surface area contributed by atoms with Gasteiger partial charge in [-0.25, -0.2) is 8.42 Å². The zero-order chi connectivity index (χ0) is 20.7. The van der Waals surface area contributed by atoms with Crippen LogP contribution in [0.5, 0.6) is 11.5 Å². The molecule has 156 valence electrons. The van der Waals surface area contributed by atoms with Crippen LogP contribution in [0.1, 0.15) is 12.8 Å². The number of ether oxygens (including phenoxy) is 2. The minimum Gasteiger partial charge on any atom is -0.492 e. The molecular weight excluding hydrogens is 507 g/mol. The average molecular weight is 530 g/mol. The number of carbonyl (C=O) groups is 1. The Hall–Kier alpha value is -1.85. The van der Waals surface area contributed by atoms with Gasteiger partial charge in [0.05, 0.1) is 11.4 Å². The molecule has 0 radical (unpaired) electrons. The summed E-state index contributed by atoms with van der Waals surface area (Å²) in [7, 11) is -3.42. The number of rotatable bonds is 9. The van der Waals surface area contributed by atoms with E-state index in [4.69, 9.17) is 9.47 Å². The molecule has 1 N–H and O–H groups in total. The van der Waals surface area contributed by atoms with Crippen molar-refractivity contribution in [1.29, 1.82) is 0 Å². The van der Waals surface area contributed by atoms with Gasteiger partial charge in [-0.3, -0.25) is 4.79 Å². The van der Waals surface area contributed by atoms with E-state index in [-0.39, 0.29) is 24.0 Å². The molecule has 0 saturated carbocycles. The van der Waals surface area contributed by atoms with Crippen molar-refractivity contribution in [2.45, 2.75) is 17.7 Å². The van der Waals surface area contributed by atoms with Crippen LogP contribution < -0.4 is 14.8 Å². The minimum atomic E-state index is -3.42. The Morgan fingerprint density at radius 1 is 0.966 bits per heavy atom. The van der Waals surface area contributed by atoms with Crippen molar-refractivity contribution in [2.24, 2.45) is 0 Å². The van der Waals surface area contributed by atoms with Gasteiger partial charge in [0.25, 0.3) is 5.91 Å². The summed E-state index contributed by atoms with van der Waals surface area (Å²) in [5, 5.41) is 2.71. The fourth-order valence-corrected chi connectivity index (χ4v) is 4.75. The predicted molar refractivity (Wildman–Crippen MR) is 118 cm³/mol. The third-order valence-electron chi connectivity index (χ3n) is 4.40. The van der Waals surface area contributed by atoms with Gasteiger partial charge in [0.2, 0.25) is 10.0 Å². The number of sulfonamides is 1. The number of nitrogens with zero attached hydrogens (tertiary/aromatic N) is 1. The molecule has 7 nitrogen and oxygen atoms in total. The number of amides is 1. The van der Waals surface area contributed by atoms with Gasteiger partial charge in [0.15, 0.2) is 6.61 Å². The molecule has 2 aromatic rings. The standard InChI is InChI=1S/C20H23IN2O5S/c21-16-3-5-18(6-4-16)28-15-20(24)22-11-14-27-17-7-9-19(10-8-17)29(25,26)23-12-1-2-13-23/h3-10H,1-2,11-15H2,(H,22,24). The smallest absolute Gasteiger partial charge is 0.258 e. The van der Waals surface area contributed by atoms with Crippen molar-refractivity contribution in [3.8, 4) is 11.5 Å². The van der Waals surface area contributed by atoms with Gasteiger partial charge >= 0.3 is 0 Å². The molecule has 3 rings (SSSR count). The van der Waals surface area contributed by atoms with E-state index >= 15 is 0 Å². The van der Waals surface area contributed by atoms with E-state index in [1.54, 1.807) is 24.3 Å². The Morgan fingerprint density at radius 2 is 1.55 bits per heavy atom. The average Bonchev–Trinajstić information content (AvgIpc) is 3.27. The molecule has 1 amide bonds. The molecule has 0 atom stereocenters. The maximum Gasteiger partial charge on any atom is 0.258 e. The Balaban J connectivity index is 1.38. The highest BCUT2D eigenvalue weighted by molar-refractivity contribution is 14.1. The molecule has 0 bridgehead atoms. The van der Waals surface area contributed by atoms with Crippen LogP contribution in [0.25, 0.3) is 0 Å². The monoisotopic (exact) mass is 530 g/mol. The molecule has 1 aliphatic rings. The summed E-state index contributed by atoms with van der Waals surface area (Å²) in [6.45, 7) is 1.68. The number of hydrogen-bond acceptors (Lipinski definition) is 5. The number of carbonyl (C=O) groups excluding carboxylic acids is 1. The second kappa shape index (κ2) is 10.3. The summed E-state index contributed by atoms with van der Waals surface area (Å²) in [5.74, 6) is 0.953. The molecule has 2 aromatic carbocycles. The lowest BCUT2D eigenvalue weighted by molar-refractivity contribution is -0.123. The number of hydrogen-bond donors (Lipinski definition) is 1. The maximum absolute atomic E-state index is 12.5. The summed E-state index contributed by atoms with van der Waals surface area (Å²) in [6.07, 6.45) is 1.81. The Morgan fingerprint density at radius 3 is 2.21 bits per heavy atom. The minimum absolute atomic E-state index is 0.0658. The quantitative estimate of drug-likeness (QED) is 0.398. The molecule has 9 heteroatoms. The number of benzene rings is 2. The highest BCUT2D eigenvalue weighted by Gasteiger charge is 2.26. The second-order valence-electron chi connectivity index (χ2n) is 6.52. The van der Waals surface area contributed by atoms with Crippen molar-refractivity contribution in [3.05, 3.63) is 52.1 Å². The van der Waals surface area contributed by atoms with E-state index in [2.05, 4.69) is 27.9 Å².